The predicted molar refractivity (Wildman–Crippen MR) is 105 cm³/mol. The number of aryl methyl sites for hydroxylation is 1. The van der Waals surface area contributed by atoms with E-state index in [-0.39, 0.29) is 5.56 Å². The Balaban J connectivity index is 2.07. The molecule has 0 unspecified atom stereocenters. The molecule has 0 bridgehead atoms. The molecule has 25 heavy (non-hydrogen) atoms. The number of rotatable bonds is 2. The molecule has 6 heteroatoms. The largest absolute Gasteiger partial charge is 0.356 e. The molecular weight excluding hydrogens is 357 g/mol. The Morgan fingerprint density at radius 3 is 2.40 bits per heavy atom. The van der Waals surface area contributed by atoms with Crippen molar-refractivity contribution in [2.45, 2.75) is 40.5 Å². The van der Waals surface area contributed by atoms with E-state index in [0.29, 0.717) is 32.5 Å². The van der Waals surface area contributed by atoms with Crippen molar-refractivity contribution in [3.8, 4) is 5.69 Å². The number of benzene rings is 1. The minimum atomic E-state index is -0.100. The summed E-state index contributed by atoms with van der Waals surface area (Å²) in [4.78, 5) is 20.0. The summed E-state index contributed by atoms with van der Waals surface area (Å²) in [6.07, 6.45) is 2.19. The van der Waals surface area contributed by atoms with E-state index in [1.165, 1.54) is 0 Å². The maximum atomic E-state index is 13.0. The monoisotopic (exact) mass is 379 g/mol. The second-order valence-corrected chi connectivity index (χ2v) is 8.26. The van der Waals surface area contributed by atoms with Gasteiger partial charge in [-0.15, -0.1) is 0 Å². The molecule has 0 radical (unpaired) electrons. The van der Waals surface area contributed by atoms with Crippen LogP contribution in [0.2, 0.25) is 10.0 Å². The standard InChI is InChI=1S/C19H23Cl2N3O/c1-12-17(23-10-8-19(3,4)9-11-23)22-13(2)24(18(12)25)15-7-5-6-14(20)16(15)21/h5-7H,8-11H2,1-4H3. The van der Waals surface area contributed by atoms with Crippen molar-refractivity contribution in [3.63, 3.8) is 0 Å². The van der Waals surface area contributed by atoms with E-state index in [2.05, 4.69) is 18.7 Å². The summed E-state index contributed by atoms with van der Waals surface area (Å²) in [6.45, 7) is 10.1. The van der Waals surface area contributed by atoms with Crippen molar-refractivity contribution >= 4 is 29.0 Å². The molecule has 1 aromatic heterocycles. The van der Waals surface area contributed by atoms with Gasteiger partial charge in [-0.1, -0.05) is 43.1 Å². The number of nitrogens with zero attached hydrogens (tertiary/aromatic N) is 3. The van der Waals surface area contributed by atoms with Crippen molar-refractivity contribution in [2.75, 3.05) is 18.0 Å². The molecule has 0 saturated carbocycles. The van der Waals surface area contributed by atoms with Crippen LogP contribution in [-0.4, -0.2) is 22.6 Å². The zero-order chi connectivity index (χ0) is 18.4. The van der Waals surface area contributed by atoms with Crippen molar-refractivity contribution in [1.82, 2.24) is 9.55 Å². The fraction of sp³-hybridized carbons (Fsp3) is 0.474. The summed E-state index contributed by atoms with van der Waals surface area (Å²) >= 11 is 12.4. The summed E-state index contributed by atoms with van der Waals surface area (Å²) in [5, 5.41) is 0.786. The van der Waals surface area contributed by atoms with Crippen LogP contribution >= 0.6 is 23.2 Å². The molecule has 1 fully saturated rings. The Morgan fingerprint density at radius 2 is 1.76 bits per heavy atom. The van der Waals surface area contributed by atoms with Crippen LogP contribution in [0.4, 0.5) is 5.82 Å². The number of halogens is 2. The van der Waals surface area contributed by atoms with Crippen LogP contribution in [0.5, 0.6) is 0 Å². The van der Waals surface area contributed by atoms with Gasteiger partial charge in [-0.2, -0.15) is 0 Å². The number of hydrogen-bond donors (Lipinski definition) is 0. The lowest BCUT2D eigenvalue weighted by molar-refractivity contribution is 0.279. The van der Waals surface area contributed by atoms with E-state index in [1.807, 2.05) is 13.8 Å². The van der Waals surface area contributed by atoms with E-state index < -0.39 is 0 Å². The molecule has 0 amide bonds. The number of hydrogen-bond acceptors (Lipinski definition) is 3. The molecular formula is C19H23Cl2N3O. The first kappa shape index (κ1) is 18.3. The Morgan fingerprint density at radius 1 is 1.12 bits per heavy atom. The lowest BCUT2D eigenvalue weighted by Gasteiger charge is -2.38. The van der Waals surface area contributed by atoms with Gasteiger partial charge in [0.15, 0.2) is 0 Å². The molecule has 0 spiro atoms. The molecule has 0 atom stereocenters. The molecule has 1 aliphatic heterocycles. The fourth-order valence-corrected chi connectivity index (χ4v) is 3.66. The second kappa shape index (κ2) is 6.65. The van der Waals surface area contributed by atoms with Gasteiger partial charge in [-0.25, -0.2) is 4.98 Å². The van der Waals surface area contributed by atoms with E-state index in [0.717, 1.165) is 31.7 Å². The average molecular weight is 380 g/mol. The lowest BCUT2D eigenvalue weighted by atomic mass is 9.82. The van der Waals surface area contributed by atoms with Crippen molar-refractivity contribution in [2.24, 2.45) is 5.41 Å². The Bertz CT molecular complexity index is 864. The van der Waals surface area contributed by atoms with Gasteiger partial charge in [0.2, 0.25) is 0 Å². The van der Waals surface area contributed by atoms with Crippen LogP contribution in [0.15, 0.2) is 23.0 Å². The number of piperidine rings is 1. The maximum absolute atomic E-state index is 13.0. The van der Waals surface area contributed by atoms with Gasteiger partial charge in [0.1, 0.15) is 11.6 Å². The zero-order valence-electron chi connectivity index (χ0n) is 15.1. The molecule has 4 nitrogen and oxygen atoms in total. The van der Waals surface area contributed by atoms with Gasteiger partial charge < -0.3 is 4.90 Å². The van der Waals surface area contributed by atoms with Gasteiger partial charge in [0.25, 0.3) is 5.56 Å². The second-order valence-electron chi connectivity index (χ2n) is 7.47. The predicted octanol–water partition coefficient (Wildman–Crippen LogP) is 4.78. The van der Waals surface area contributed by atoms with Crippen molar-refractivity contribution < 1.29 is 0 Å². The highest BCUT2D eigenvalue weighted by atomic mass is 35.5. The van der Waals surface area contributed by atoms with Crippen LogP contribution in [-0.2, 0) is 0 Å². The zero-order valence-corrected chi connectivity index (χ0v) is 16.6. The Hall–Kier alpha value is -1.52. The van der Waals surface area contributed by atoms with Gasteiger partial charge >= 0.3 is 0 Å². The SMILES string of the molecule is Cc1c(N2CCC(C)(C)CC2)nc(C)n(-c2cccc(Cl)c2Cl)c1=O. The molecule has 3 rings (SSSR count). The summed E-state index contributed by atoms with van der Waals surface area (Å²) in [6, 6.07) is 5.27. The summed E-state index contributed by atoms with van der Waals surface area (Å²) in [7, 11) is 0. The third-order valence-corrected chi connectivity index (χ3v) is 5.85. The number of anilines is 1. The van der Waals surface area contributed by atoms with E-state index in [1.54, 1.807) is 22.8 Å². The summed E-state index contributed by atoms with van der Waals surface area (Å²) in [5.41, 5.74) is 1.46. The van der Waals surface area contributed by atoms with Crippen LogP contribution in [0.1, 0.15) is 38.1 Å². The molecule has 2 aromatic rings. The Labute approximate surface area is 158 Å². The lowest BCUT2D eigenvalue weighted by Crippen LogP contribution is -2.40. The third kappa shape index (κ3) is 3.42. The molecule has 1 aromatic carbocycles. The molecule has 0 aliphatic carbocycles. The summed E-state index contributed by atoms with van der Waals surface area (Å²) < 4.78 is 1.54. The van der Waals surface area contributed by atoms with Crippen LogP contribution in [0.3, 0.4) is 0 Å². The molecule has 1 saturated heterocycles. The van der Waals surface area contributed by atoms with Crippen LogP contribution in [0, 0.1) is 19.3 Å². The topological polar surface area (TPSA) is 38.1 Å². The van der Waals surface area contributed by atoms with Gasteiger partial charge in [-0.05, 0) is 44.2 Å². The first-order valence-corrected chi connectivity index (χ1v) is 9.26. The van der Waals surface area contributed by atoms with E-state index in [9.17, 15) is 4.79 Å². The van der Waals surface area contributed by atoms with E-state index in [4.69, 9.17) is 28.2 Å². The van der Waals surface area contributed by atoms with Gasteiger partial charge in [0, 0.05) is 13.1 Å². The third-order valence-electron chi connectivity index (χ3n) is 5.04. The van der Waals surface area contributed by atoms with Gasteiger partial charge in [0.05, 0.1) is 21.3 Å². The maximum Gasteiger partial charge on any atom is 0.263 e. The van der Waals surface area contributed by atoms with Gasteiger partial charge in [-0.3, -0.25) is 9.36 Å². The smallest absolute Gasteiger partial charge is 0.263 e. The molecule has 2 heterocycles. The van der Waals surface area contributed by atoms with E-state index >= 15 is 0 Å². The fourth-order valence-electron chi connectivity index (χ4n) is 3.28. The van der Waals surface area contributed by atoms with Crippen molar-refractivity contribution in [3.05, 3.63) is 50.0 Å². The quantitative estimate of drug-likeness (QED) is 0.753. The first-order valence-electron chi connectivity index (χ1n) is 8.51. The first-order chi connectivity index (χ1) is 11.7. The highest BCUT2D eigenvalue weighted by Gasteiger charge is 2.28. The highest BCUT2D eigenvalue weighted by Crippen LogP contribution is 2.33. The van der Waals surface area contributed by atoms with Crippen LogP contribution < -0.4 is 10.5 Å². The molecule has 134 valence electrons. The summed E-state index contributed by atoms with van der Waals surface area (Å²) in [5.74, 6) is 1.40. The van der Waals surface area contributed by atoms with Crippen LogP contribution in [0.25, 0.3) is 5.69 Å². The molecule has 0 N–H and O–H groups in total. The Kier molecular flexibility index (Phi) is 4.86. The number of aromatic nitrogens is 2. The molecule has 1 aliphatic rings. The normalized spacial score (nSPS) is 17.0. The highest BCUT2D eigenvalue weighted by molar-refractivity contribution is 6.43. The minimum absolute atomic E-state index is 0.100. The minimum Gasteiger partial charge on any atom is -0.356 e. The average Bonchev–Trinajstić information content (AvgIpc) is 2.55. The van der Waals surface area contributed by atoms with Crippen molar-refractivity contribution in [1.29, 1.82) is 0 Å².